The van der Waals surface area contributed by atoms with Crippen LogP contribution in [0.25, 0.3) is 0 Å². The van der Waals surface area contributed by atoms with Gasteiger partial charge in [0.15, 0.2) is 0 Å². The van der Waals surface area contributed by atoms with Gasteiger partial charge in [-0.05, 0) is 48.2 Å². The van der Waals surface area contributed by atoms with Crippen LogP contribution in [-0.2, 0) is 13.0 Å². The fourth-order valence-electron chi connectivity index (χ4n) is 3.36. The van der Waals surface area contributed by atoms with E-state index in [0.29, 0.717) is 18.7 Å². The first kappa shape index (κ1) is 17.2. The van der Waals surface area contributed by atoms with E-state index in [1.807, 2.05) is 29.2 Å². The smallest absolute Gasteiger partial charge is 0.259 e. The number of nitrogens with one attached hydrogen (secondary N) is 1. The van der Waals surface area contributed by atoms with Crippen LogP contribution in [0.2, 0.25) is 0 Å². The third-order valence-electron chi connectivity index (χ3n) is 4.75. The Kier molecular flexibility index (Phi) is 4.83. The molecule has 1 amide bonds. The number of rotatable bonds is 4. The van der Waals surface area contributed by atoms with Gasteiger partial charge in [-0.15, -0.1) is 0 Å². The van der Waals surface area contributed by atoms with E-state index in [2.05, 4.69) is 16.4 Å². The Morgan fingerprint density at radius 2 is 1.93 bits per heavy atom. The van der Waals surface area contributed by atoms with Crippen molar-refractivity contribution in [3.8, 4) is 0 Å². The fraction of sp³-hybridized carbons (Fsp3) is 0.182. The molecule has 0 unspecified atom stereocenters. The van der Waals surface area contributed by atoms with E-state index in [0.717, 1.165) is 29.8 Å². The number of carbonyl (C=O) groups excluding carboxylic acids is 1. The molecule has 0 aliphatic carbocycles. The van der Waals surface area contributed by atoms with Crippen molar-refractivity contribution in [2.75, 3.05) is 16.8 Å². The highest BCUT2D eigenvalue weighted by molar-refractivity contribution is 6.07. The molecule has 5 heteroatoms. The van der Waals surface area contributed by atoms with Crippen LogP contribution in [0.15, 0.2) is 67.0 Å². The molecule has 4 nitrogen and oxygen atoms in total. The first-order valence-corrected chi connectivity index (χ1v) is 9.04. The third kappa shape index (κ3) is 3.82. The number of para-hydroxylation sites is 1. The molecule has 0 radical (unpaired) electrons. The standard InChI is InChI=1S/C22H20FN3O/c23-19-9-7-16(8-10-19)13-25-20-12-18(14-24-15-20)22(27)26-11-3-5-17-4-1-2-6-21(17)26/h1-2,4,6-10,12,14-15,25H,3,5,11,13H2. The second kappa shape index (κ2) is 7.58. The number of halogens is 1. The zero-order valence-corrected chi connectivity index (χ0v) is 14.9. The van der Waals surface area contributed by atoms with Crippen molar-refractivity contribution in [1.82, 2.24) is 4.98 Å². The first-order valence-electron chi connectivity index (χ1n) is 9.04. The number of carbonyl (C=O) groups is 1. The van der Waals surface area contributed by atoms with E-state index in [1.54, 1.807) is 24.5 Å². The summed E-state index contributed by atoms with van der Waals surface area (Å²) in [5, 5.41) is 3.24. The lowest BCUT2D eigenvalue weighted by atomic mass is 10.0. The molecule has 4 rings (SSSR count). The summed E-state index contributed by atoms with van der Waals surface area (Å²) in [6.45, 7) is 1.25. The molecule has 0 fully saturated rings. The Balaban J connectivity index is 1.51. The number of benzene rings is 2. The summed E-state index contributed by atoms with van der Waals surface area (Å²) in [7, 11) is 0. The average molecular weight is 361 g/mol. The van der Waals surface area contributed by atoms with Gasteiger partial charge >= 0.3 is 0 Å². The largest absolute Gasteiger partial charge is 0.380 e. The van der Waals surface area contributed by atoms with E-state index in [4.69, 9.17) is 0 Å². The zero-order valence-electron chi connectivity index (χ0n) is 14.9. The molecule has 0 spiro atoms. The van der Waals surface area contributed by atoms with Gasteiger partial charge in [-0.2, -0.15) is 0 Å². The monoisotopic (exact) mass is 361 g/mol. The van der Waals surface area contributed by atoms with Gasteiger partial charge in [-0.3, -0.25) is 9.78 Å². The van der Waals surface area contributed by atoms with E-state index in [-0.39, 0.29) is 11.7 Å². The number of aromatic nitrogens is 1. The summed E-state index contributed by atoms with van der Waals surface area (Å²) < 4.78 is 13.0. The van der Waals surface area contributed by atoms with E-state index in [9.17, 15) is 9.18 Å². The number of aryl methyl sites for hydroxylation is 1. The topological polar surface area (TPSA) is 45.2 Å². The van der Waals surface area contributed by atoms with Gasteiger partial charge in [0.25, 0.3) is 5.91 Å². The number of hydrogen-bond acceptors (Lipinski definition) is 3. The number of fused-ring (bicyclic) bond motifs is 1. The molecule has 1 aliphatic rings. The number of anilines is 2. The van der Waals surface area contributed by atoms with Crippen molar-refractivity contribution < 1.29 is 9.18 Å². The summed E-state index contributed by atoms with van der Waals surface area (Å²) in [6, 6.07) is 16.2. The molecule has 136 valence electrons. The van der Waals surface area contributed by atoms with Gasteiger partial charge in [0, 0.05) is 31.2 Å². The summed E-state index contributed by atoms with van der Waals surface area (Å²) in [4.78, 5) is 19.1. The van der Waals surface area contributed by atoms with Crippen LogP contribution in [0.4, 0.5) is 15.8 Å². The second-order valence-corrected chi connectivity index (χ2v) is 6.63. The summed E-state index contributed by atoms with van der Waals surface area (Å²) in [5.74, 6) is -0.296. The number of pyridine rings is 1. The molecule has 0 saturated carbocycles. The van der Waals surface area contributed by atoms with Crippen LogP contribution in [0, 0.1) is 5.82 Å². The molecule has 2 heterocycles. The minimum Gasteiger partial charge on any atom is -0.380 e. The van der Waals surface area contributed by atoms with Crippen molar-refractivity contribution in [1.29, 1.82) is 0 Å². The Morgan fingerprint density at radius 1 is 1.11 bits per heavy atom. The SMILES string of the molecule is O=C(c1cncc(NCc2ccc(F)cc2)c1)N1CCCc2ccccc21. The lowest BCUT2D eigenvalue weighted by Crippen LogP contribution is -2.35. The van der Waals surface area contributed by atoms with Crippen LogP contribution in [0.3, 0.4) is 0 Å². The van der Waals surface area contributed by atoms with Gasteiger partial charge in [0.1, 0.15) is 5.82 Å². The molecule has 2 aromatic carbocycles. The molecule has 1 N–H and O–H groups in total. The van der Waals surface area contributed by atoms with Crippen LogP contribution in [-0.4, -0.2) is 17.4 Å². The molecule has 1 aliphatic heterocycles. The molecule has 3 aromatic rings. The van der Waals surface area contributed by atoms with E-state index >= 15 is 0 Å². The molecule has 0 atom stereocenters. The zero-order chi connectivity index (χ0) is 18.6. The Morgan fingerprint density at radius 3 is 2.78 bits per heavy atom. The highest BCUT2D eigenvalue weighted by Gasteiger charge is 2.23. The van der Waals surface area contributed by atoms with Crippen molar-refractivity contribution in [2.45, 2.75) is 19.4 Å². The number of hydrogen-bond donors (Lipinski definition) is 1. The Bertz CT molecular complexity index is 956. The van der Waals surface area contributed by atoms with Crippen molar-refractivity contribution in [3.63, 3.8) is 0 Å². The van der Waals surface area contributed by atoms with Crippen molar-refractivity contribution in [3.05, 3.63) is 89.5 Å². The predicted molar refractivity (Wildman–Crippen MR) is 104 cm³/mol. The van der Waals surface area contributed by atoms with Gasteiger partial charge < -0.3 is 10.2 Å². The van der Waals surface area contributed by atoms with Crippen LogP contribution >= 0.6 is 0 Å². The fourth-order valence-corrected chi connectivity index (χ4v) is 3.36. The normalized spacial score (nSPS) is 13.1. The van der Waals surface area contributed by atoms with Gasteiger partial charge in [-0.25, -0.2) is 4.39 Å². The Hall–Kier alpha value is -3.21. The summed E-state index contributed by atoms with van der Waals surface area (Å²) in [6.07, 6.45) is 5.24. The van der Waals surface area contributed by atoms with Gasteiger partial charge in [0.05, 0.1) is 11.3 Å². The highest BCUT2D eigenvalue weighted by atomic mass is 19.1. The molecule has 1 aromatic heterocycles. The maximum Gasteiger partial charge on any atom is 0.259 e. The highest BCUT2D eigenvalue weighted by Crippen LogP contribution is 2.28. The quantitative estimate of drug-likeness (QED) is 0.748. The summed E-state index contributed by atoms with van der Waals surface area (Å²) in [5.41, 5.74) is 4.46. The maximum atomic E-state index is 13.0. The minimum absolute atomic E-state index is 0.0416. The van der Waals surface area contributed by atoms with E-state index < -0.39 is 0 Å². The Labute approximate surface area is 157 Å². The predicted octanol–water partition coefficient (Wildman–Crippen LogP) is 4.43. The van der Waals surface area contributed by atoms with Crippen molar-refractivity contribution >= 4 is 17.3 Å². The van der Waals surface area contributed by atoms with Crippen LogP contribution < -0.4 is 10.2 Å². The van der Waals surface area contributed by atoms with Crippen molar-refractivity contribution in [2.24, 2.45) is 0 Å². The third-order valence-corrected chi connectivity index (χ3v) is 4.75. The minimum atomic E-state index is -0.255. The molecule has 27 heavy (non-hydrogen) atoms. The molecule has 0 bridgehead atoms. The lowest BCUT2D eigenvalue weighted by Gasteiger charge is -2.29. The summed E-state index contributed by atoms with van der Waals surface area (Å²) >= 11 is 0. The molecule has 0 saturated heterocycles. The second-order valence-electron chi connectivity index (χ2n) is 6.63. The van der Waals surface area contributed by atoms with Gasteiger partial charge in [0.2, 0.25) is 0 Å². The molecular formula is C22H20FN3O. The van der Waals surface area contributed by atoms with Gasteiger partial charge in [-0.1, -0.05) is 30.3 Å². The number of amides is 1. The number of nitrogens with zero attached hydrogens (tertiary/aromatic N) is 2. The maximum absolute atomic E-state index is 13.0. The van der Waals surface area contributed by atoms with Crippen LogP contribution in [0.5, 0.6) is 0 Å². The molecular weight excluding hydrogens is 341 g/mol. The van der Waals surface area contributed by atoms with E-state index in [1.165, 1.54) is 17.7 Å². The average Bonchev–Trinajstić information content (AvgIpc) is 2.72. The first-order chi connectivity index (χ1) is 13.2. The van der Waals surface area contributed by atoms with Crippen LogP contribution in [0.1, 0.15) is 27.9 Å². The lowest BCUT2D eigenvalue weighted by molar-refractivity contribution is 0.0985.